The SMILES string of the molecule is O=C(NC1CC2CCC1C2)c1ccc(N2CCOCC2)cc1. The van der Waals surface area contributed by atoms with Crippen molar-refractivity contribution in [2.45, 2.75) is 31.7 Å². The van der Waals surface area contributed by atoms with Gasteiger partial charge in [-0.15, -0.1) is 0 Å². The fourth-order valence-corrected chi connectivity index (χ4v) is 4.32. The summed E-state index contributed by atoms with van der Waals surface area (Å²) < 4.78 is 5.38. The molecule has 4 nitrogen and oxygen atoms in total. The molecule has 3 unspecified atom stereocenters. The van der Waals surface area contributed by atoms with Crippen molar-refractivity contribution in [3.05, 3.63) is 29.8 Å². The van der Waals surface area contributed by atoms with Crippen molar-refractivity contribution < 1.29 is 9.53 Å². The minimum atomic E-state index is 0.0890. The number of carbonyl (C=O) groups excluding carboxylic acids is 1. The van der Waals surface area contributed by atoms with Crippen LogP contribution in [0.5, 0.6) is 0 Å². The van der Waals surface area contributed by atoms with Gasteiger partial charge in [0.1, 0.15) is 0 Å². The van der Waals surface area contributed by atoms with Gasteiger partial charge in [-0.3, -0.25) is 4.79 Å². The van der Waals surface area contributed by atoms with Crippen molar-refractivity contribution >= 4 is 11.6 Å². The maximum Gasteiger partial charge on any atom is 0.251 e. The summed E-state index contributed by atoms with van der Waals surface area (Å²) in [6, 6.07) is 8.42. The van der Waals surface area contributed by atoms with E-state index >= 15 is 0 Å². The molecule has 1 aromatic rings. The molecule has 3 fully saturated rings. The van der Waals surface area contributed by atoms with Crippen molar-refractivity contribution in [3.63, 3.8) is 0 Å². The maximum atomic E-state index is 12.4. The van der Waals surface area contributed by atoms with Crippen LogP contribution in [0.1, 0.15) is 36.0 Å². The number of hydrogen-bond donors (Lipinski definition) is 1. The number of nitrogens with one attached hydrogen (secondary N) is 1. The van der Waals surface area contributed by atoms with Crippen LogP contribution in [-0.2, 0) is 4.74 Å². The summed E-state index contributed by atoms with van der Waals surface area (Å²) in [7, 11) is 0. The molecule has 1 saturated heterocycles. The maximum absolute atomic E-state index is 12.4. The molecule has 0 aromatic heterocycles. The molecule has 1 aliphatic heterocycles. The van der Waals surface area contributed by atoms with E-state index in [1.807, 2.05) is 12.1 Å². The van der Waals surface area contributed by atoms with E-state index in [-0.39, 0.29) is 5.91 Å². The number of rotatable bonds is 3. The summed E-state index contributed by atoms with van der Waals surface area (Å²) in [5.74, 6) is 1.67. The van der Waals surface area contributed by atoms with E-state index in [1.54, 1.807) is 0 Å². The van der Waals surface area contributed by atoms with E-state index in [9.17, 15) is 4.79 Å². The van der Waals surface area contributed by atoms with Crippen LogP contribution in [0.15, 0.2) is 24.3 Å². The second kappa shape index (κ2) is 5.92. The van der Waals surface area contributed by atoms with Crippen molar-refractivity contribution in [1.29, 1.82) is 0 Å². The molecule has 0 radical (unpaired) electrons. The molecular formula is C18H24N2O2. The highest BCUT2D eigenvalue weighted by molar-refractivity contribution is 5.94. The first-order valence-corrected chi connectivity index (χ1v) is 8.53. The molecule has 118 valence electrons. The molecular weight excluding hydrogens is 276 g/mol. The smallest absolute Gasteiger partial charge is 0.251 e. The number of carbonyl (C=O) groups is 1. The largest absolute Gasteiger partial charge is 0.378 e. The average molecular weight is 300 g/mol. The molecule has 3 atom stereocenters. The van der Waals surface area contributed by atoms with Gasteiger partial charge in [-0.25, -0.2) is 0 Å². The van der Waals surface area contributed by atoms with Crippen LogP contribution in [0.3, 0.4) is 0 Å². The number of benzene rings is 1. The quantitative estimate of drug-likeness (QED) is 0.932. The Morgan fingerprint density at radius 3 is 2.50 bits per heavy atom. The minimum absolute atomic E-state index is 0.0890. The molecule has 4 heteroatoms. The summed E-state index contributed by atoms with van der Waals surface area (Å²) in [6.07, 6.45) is 5.17. The third kappa shape index (κ3) is 2.72. The first-order valence-electron chi connectivity index (χ1n) is 8.53. The Labute approximate surface area is 131 Å². The molecule has 2 aliphatic carbocycles. The zero-order chi connectivity index (χ0) is 14.9. The monoisotopic (exact) mass is 300 g/mol. The Balaban J connectivity index is 1.38. The van der Waals surface area contributed by atoms with Gasteiger partial charge in [-0.2, -0.15) is 0 Å². The van der Waals surface area contributed by atoms with E-state index in [1.165, 1.54) is 31.4 Å². The van der Waals surface area contributed by atoms with Crippen LogP contribution in [0.2, 0.25) is 0 Å². The number of nitrogens with zero attached hydrogens (tertiary/aromatic N) is 1. The fraction of sp³-hybridized carbons (Fsp3) is 0.611. The third-order valence-corrected chi connectivity index (χ3v) is 5.56. The summed E-state index contributed by atoms with van der Waals surface area (Å²) in [6.45, 7) is 3.42. The van der Waals surface area contributed by atoms with Gasteiger partial charge in [0.15, 0.2) is 0 Å². The van der Waals surface area contributed by atoms with Gasteiger partial charge in [-0.05, 0) is 55.4 Å². The van der Waals surface area contributed by atoms with Crippen LogP contribution >= 0.6 is 0 Å². The fourth-order valence-electron chi connectivity index (χ4n) is 4.32. The molecule has 1 aromatic carbocycles. The number of ether oxygens (including phenoxy) is 1. The molecule has 2 bridgehead atoms. The topological polar surface area (TPSA) is 41.6 Å². The first kappa shape index (κ1) is 14.1. The third-order valence-electron chi connectivity index (χ3n) is 5.56. The molecule has 22 heavy (non-hydrogen) atoms. The Morgan fingerprint density at radius 2 is 1.86 bits per heavy atom. The van der Waals surface area contributed by atoms with Crippen molar-refractivity contribution in [1.82, 2.24) is 5.32 Å². The molecule has 1 heterocycles. The average Bonchev–Trinajstić information content (AvgIpc) is 3.19. The molecule has 4 rings (SSSR count). The lowest BCUT2D eigenvalue weighted by atomic mass is 9.95. The van der Waals surface area contributed by atoms with Gasteiger partial charge in [0, 0.05) is 30.4 Å². The number of hydrogen-bond acceptors (Lipinski definition) is 3. The summed E-state index contributed by atoms with van der Waals surface area (Å²) in [4.78, 5) is 14.7. The molecule has 2 saturated carbocycles. The number of morpholine rings is 1. The van der Waals surface area contributed by atoms with E-state index in [0.29, 0.717) is 6.04 Å². The predicted molar refractivity (Wildman–Crippen MR) is 86.2 cm³/mol. The highest BCUT2D eigenvalue weighted by Crippen LogP contribution is 2.44. The second-order valence-electron chi connectivity index (χ2n) is 6.90. The molecule has 1 amide bonds. The van der Waals surface area contributed by atoms with E-state index < -0.39 is 0 Å². The summed E-state index contributed by atoms with van der Waals surface area (Å²) in [5, 5.41) is 3.25. The van der Waals surface area contributed by atoms with Gasteiger partial charge in [0.05, 0.1) is 13.2 Å². The highest BCUT2D eigenvalue weighted by atomic mass is 16.5. The Morgan fingerprint density at radius 1 is 1.09 bits per heavy atom. The lowest BCUT2D eigenvalue weighted by Crippen LogP contribution is -2.38. The summed E-state index contributed by atoms with van der Waals surface area (Å²) in [5.41, 5.74) is 1.96. The minimum Gasteiger partial charge on any atom is -0.378 e. The van der Waals surface area contributed by atoms with Crippen molar-refractivity contribution in [3.8, 4) is 0 Å². The number of anilines is 1. The Hall–Kier alpha value is -1.55. The lowest BCUT2D eigenvalue weighted by Gasteiger charge is -2.29. The van der Waals surface area contributed by atoms with Crippen LogP contribution in [0, 0.1) is 11.8 Å². The van der Waals surface area contributed by atoms with Gasteiger partial charge in [-0.1, -0.05) is 6.42 Å². The second-order valence-corrected chi connectivity index (χ2v) is 6.90. The molecule has 1 N–H and O–H groups in total. The van der Waals surface area contributed by atoms with Crippen LogP contribution in [-0.4, -0.2) is 38.3 Å². The van der Waals surface area contributed by atoms with Gasteiger partial charge in [0.2, 0.25) is 0 Å². The highest BCUT2D eigenvalue weighted by Gasteiger charge is 2.40. The Kier molecular flexibility index (Phi) is 3.78. The van der Waals surface area contributed by atoms with Gasteiger partial charge >= 0.3 is 0 Å². The summed E-state index contributed by atoms with van der Waals surface area (Å²) >= 11 is 0. The number of amides is 1. The predicted octanol–water partition coefficient (Wildman–Crippen LogP) is 2.44. The Bertz CT molecular complexity index is 537. The zero-order valence-electron chi connectivity index (χ0n) is 13.0. The molecule has 3 aliphatic rings. The van der Waals surface area contributed by atoms with Crippen LogP contribution < -0.4 is 10.2 Å². The van der Waals surface area contributed by atoms with Crippen molar-refractivity contribution in [2.75, 3.05) is 31.2 Å². The van der Waals surface area contributed by atoms with Gasteiger partial charge < -0.3 is 15.0 Å². The normalized spacial score (nSPS) is 30.5. The molecule has 0 spiro atoms. The number of fused-ring (bicyclic) bond motifs is 2. The van der Waals surface area contributed by atoms with Crippen molar-refractivity contribution in [2.24, 2.45) is 11.8 Å². The van der Waals surface area contributed by atoms with Crippen LogP contribution in [0.25, 0.3) is 0 Å². The standard InChI is InChI=1S/C18H24N2O2/c21-18(19-17-12-13-1-2-15(17)11-13)14-3-5-16(6-4-14)20-7-9-22-10-8-20/h3-6,13,15,17H,1-2,7-12H2,(H,19,21). The van der Waals surface area contributed by atoms with Crippen LogP contribution in [0.4, 0.5) is 5.69 Å². The van der Waals surface area contributed by atoms with E-state index in [2.05, 4.69) is 22.3 Å². The first-order chi connectivity index (χ1) is 10.8. The van der Waals surface area contributed by atoms with Gasteiger partial charge in [0.25, 0.3) is 5.91 Å². The zero-order valence-corrected chi connectivity index (χ0v) is 13.0. The lowest BCUT2D eigenvalue weighted by molar-refractivity contribution is 0.0923. The van der Waals surface area contributed by atoms with E-state index in [0.717, 1.165) is 43.7 Å². The van der Waals surface area contributed by atoms with E-state index in [4.69, 9.17) is 4.74 Å².